The average Bonchev–Trinajstić information content (AvgIpc) is 3.29. The van der Waals surface area contributed by atoms with Crippen LogP contribution in [0.15, 0.2) is 58.8 Å². The van der Waals surface area contributed by atoms with Crippen LogP contribution in [0.3, 0.4) is 0 Å². The topological polar surface area (TPSA) is 97.9 Å². The van der Waals surface area contributed by atoms with Crippen LogP contribution in [0, 0.1) is 6.92 Å². The van der Waals surface area contributed by atoms with E-state index in [1.165, 1.54) is 11.9 Å². The first-order valence-electron chi connectivity index (χ1n) is 12.6. The van der Waals surface area contributed by atoms with Crippen LogP contribution in [0.5, 0.6) is 0 Å². The number of nitrogens with one attached hydrogen (secondary N) is 2. The van der Waals surface area contributed by atoms with Gasteiger partial charge in [0.1, 0.15) is 0 Å². The highest BCUT2D eigenvalue weighted by atomic mass is 32.2. The van der Waals surface area contributed by atoms with Gasteiger partial charge in [0.25, 0.3) is 10.0 Å². The number of benzene rings is 2. The highest BCUT2D eigenvalue weighted by Crippen LogP contribution is 2.30. The number of aromatic nitrogens is 1. The largest absolute Gasteiger partial charge is 0.328 e. The molecule has 38 heavy (non-hydrogen) atoms. The van der Waals surface area contributed by atoms with Crippen molar-refractivity contribution in [3.63, 3.8) is 0 Å². The van der Waals surface area contributed by atoms with Crippen molar-refractivity contribution in [2.75, 3.05) is 64.6 Å². The molecule has 1 heterocycles. The molecule has 0 radical (unpaired) electrons. The Labute approximate surface area is 230 Å². The Morgan fingerprint density at radius 1 is 0.895 bits per heavy atom. The van der Waals surface area contributed by atoms with E-state index in [4.69, 9.17) is 0 Å². The zero-order chi connectivity index (χ0) is 27.7. The van der Waals surface area contributed by atoms with Gasteiger partial charge in [0, 0.05) is 12.2 Å². The standard InChI is InChI=1S/C27H38N6O3S2/c1-21-25(38(35,36)28-2)37-27(29-21)33(20-10-19-32(5)18-9-17-31(3)4)26(34)30-24-15-13-23(14-16-24)22-11-7-6-8-12-22/h6-8,11-16,28H,9-10,17-20H2,1-5H3,(H,30,34). The first kappa shape index (κ1) is 29.7. The normalized spacial score (nSPS) is 11.8. The highest BCUT2D eigenvalue weighted by Gasteiger charge is 2.26. The van der Waals surface area contributed by atoms with Gasteiger partial charge in [0.2, 0.25) is 0 Å². The third-order valence-corrected chi connectivity index (χ3v) is 9.25. The van der Waals surface area contributed by atoms with Crippen LogP contribution in [0.1, 0.15) is 18.5 Å². The molecule has 11 heteroatoms. The average molecular weight is 559 g/mol. The summed E-state index contributed by atoms with van der Waals surface area (Å²) in [5, 5.41) is 3.31. The van der Waals surface area contributed by atoms with Crippen LogP contribution in [-0.4, -0.2) is 83.6 Å². The second-order valence-electron chi connectivity index (χ2n) is 9.42. The zero-order valence-corrected chi connectivity index (χ0v) is 24.4. The molecule has 0 spiro atoms. The first-order valence-corrected chi connectivity index (χ1v) is 14.9. The smallest absolute Gasteiger partial charge is 0.309 e. The number of hydrogen-bond donors (Lipinski definition) is 2. The van der Waals surface area contributed by atoms with Crippen LogP contribution in [-0.2, 0) is 10.0 Å². The number of hydrogen-bond acceptors (Lipinski definition) is 7. The van der Waals surface area contributed by atoms with Gasteiger partial charge in [-0.15, -0.1) is 0 Å². The molecule has 2 aromatic carbocycles. The fourth-order valence-corrected chi connectivity index (χ4v) is 6.30. The number of nitrogens with zero attached hydrogens (tertiary/aromatic N) is 4. The minimum Gasteiger partial charge on any atom is -0.309 e. The number of sulfonamides is 1. The first-order chi connectivity index (χ1) is 18.1. The van der Waals surface area contributed by atoms with E-state index in [0.29, 0.717) is 29.5 Å². The summed E-state index contributed by atoms with van der Waals surface area (Å²) in [6.07, 6.45) is 1.77. The SMILES string of the molecule is CNS(=O)(=O)c1sc(N(CCCN(C)CCCN(C)C)C(=O)Nc2ccc(-c3ccccc3)cc2)nc1C. The minimum atomic E-state index is -3.67. The molecule has 206 valence electrons. The Kier molecular flexibility index (Phi) is 10.8. The Morgan fingerprint density at radius 3 is 2.11 bits per heavy atom. The van der Waals surface area contributed by atoms with Gasteiger partial charge in [-0.05, 0) is 90.8 Å². The quantitative estimate of drug-likeness (QED) is 0.324. The Morgan fingerprint density at radius 2 is 1.50 bits per heavy atom. The van der Waals surface area contributed by atoms with Gasteiger partial charge < -0.3 is 15.1 Å². The molecule has 0 bridgehead atoms. The lowest BCUT2D eigenvalue weighted by molar-refractivity contribution is 0.255. The maximum absolute atomic E-state index is 13.4. The molecule has 0 saturated heterocycles. The van der Waals surface area contributed by atoms with Crippen molar-refractivity contribution < 1.29 is 13.2 Å². The summed E-state index contributed by atoms with van der Waals surface area (Å²) in [6.45, 7) is 4.82. The van der Waals surface area contributed by atoms with Crippen molar-refractivity contribution in [1.82, 2.24) is 19.5 Å². The summed E-state index contributed by atoms with van der Waals surface area (Å²) in [5.74, 6) is 0. The lowest BCUT2D eigenvalue weighted by atomic mass is 10.1. The number of thiazole rings is 1. The van der Waals surface area contributed by atoms with Gasteiger partial charge in [0.15, 0.2) is 9.34 Å². The number of aryl methyl sites for hydroxylation is 1. The molecule has 0 aliphatic carbocycles. The van der Waals surface area contributed by atoms with E-state index in [1.54, 1.807) is 6.92 Å². The molecule has 3 rings (SSSR count). The molecule has 2 amide bonds. The van der Waals surface area contributed by atoms with Gasteiger partial charge in [-0.1, -0.05) is 53.8 Å². The Balaban J connectivity index is 1.74. The lowest BCUT2D eigenvalue weighted by Gasteiger charge is -2.23. The van der Waals surface area contributed by atoms with Crippen LogP contribution in [0.2, 0.25) is 0 Å². The Bertz CT molecular complexity index is 1280. The monoisotopic (exact) mass is 558 g/mol. The number of anilines is 2. The minimum absolute atomic E-state index is 0.112. The molecule has 0 fully saturated rings. The number of urea groups is 1. The molecular weight excluding hydrogens is 520 g/mol. The van der Waals surface area contributed by atoms with Gasteiger partial charge in [-0.3, -0.25) is 4.90 Å². The zero-order valence-electron chi connectivity index (χ0n) is 22.8. The summed E-state index contributed by atoms with van der Waals surface area (Å²) < 4.78 is 27.3. The van der Waals surface area contributed by atoms with E-state index < -0.39 is 10.0 Å². The van der Waals surface area contributed by atoms with Crippen LogP contribution in [0.4, 0.5) is 15.6 Å². The van der Waals surface area contributed by atoms with Gasteiger partial charge in [-0.2, -0.15) is 0 Å². The van der Waals surface area contributed by atoms with E-state index in [2.05, 4.69) is 46.0 Å². The van der Waals surface area contributed by atoms with Crippen LogP contribution < -0.4 is 14.9 Å². The fourth-order valence-electron chi connectivity index (χ4n) is 3.95. The second kappa shape index (κ2) is 13.8. The maximum atomic E-state index is 13.4. The Hall–Kier alpha value is -2.83. The van der Waals surface area contributed by atoms with Crippen LogP contribution >= 0.6 is 11.3 Å². The van der Waals surface area contributed by atoms with E-state index in [0.717, 1.165) is 48.5 Å². The van der Waals surface area contributed by atoms with Crippen molar-refractivity contribution in [3.8, 4) is 11.1 Å². The lowest BCUT2D eigenvalue weighted by Crippen LogP contribution is -2.37. The highest BCUT2D eigenvalue weighted by molar-refractivity contribution is 7.91. The van der Waals surface area contributed by atoms with E-state index in [-0.39, 0.29) is 10.2 Å². The fraction of sp³-hybridized carbons (Fsp3) is 0.407. The van der Waals surface area contributed by atoms with Crippen molar-refractivity contribution >= 4 is 38.2 Å². The molecule has 0 aliphatic heterocycles. The van der Waals surface area contributed by atoms with Crippen molar-refractivity contribution in [1.29, 1.82) is 0 Å². The summed E-state index contributed by atoms with van der Waals surface area (Å²) >= 11 is 0.998. The third-order valence-electron chi connectivity index (χ3n) is 6.04. The summed E-state index contributed by atoms with van der Waals surface area (Å²) in [5.41, 5.74) is 3.16. The van der Waals surface area contributed by atoms with Crippen molar-refractivity contribution in [2.45, 2.75) is 24.0 Å². The van der Waals surface area contributed by atoms with E-state index >= 15 is 0 Å². The van der Waals surface area contributed by atoms with E-state index in [9.17, 15) is 13.2 Å². The number of rotatable bonds is 13. The summed E-state index contributed by atoms with van der Waals surface area (Å²) in [4.78, 5) is 23.8. The maximum Gasteiger partial charge on any atom is 0.328 e. The van der Waals surface area contributed by atoms with Crippen LogP contribution in [0.25, 0.3) is 11.1 Å². The number of amides is 2. The van der Waals surface area contributed by atoms with Gasteiger partial charge >= 0.3 is 6.03 Å². The molecule has 0 unspecified atom stereocenters. The molecule has 0 atom stereocenters. The molecular formula is C27H38N6O3S2. The third kappa shape index (κ3) is 8.34. The van der Waals surface area contributed by atoms with Gasteiger partial charge in [0.05, 0.1) is 5.69 Å². The number of carbonyl (C=O) groups is 1. The summed E-state index contributed by atoms with van der Waals surface area (Å²) in [6, 6.07) is 17.3. The summed E-state index contributed by atoms with van der Waals surface area (Å²) in [7, 11) is 3.88. The molecule has 2 N–H and O–H groups in total. The van der Waals surface area contributed by atoms with Gasteiger partial charge in [-0.25, -0.2) is 22.9 Å². The molecule has 0 saturated carbocycles. The van der Waals surface area contributed by atoms with Crippen molar-refractivity contribution in [2.24, 2.45) is 0 Å². The predicted octanol–water partition coefficient (Wildman–Crippen LogP) is 4.34. The predicted molar refractivity (Wildman–Crippen MR) is 157 cm³/mol. The van der Waals surface area contributed by atoms with E-state index in [1.807, 2.05) is 54.6 Å². The molecule has 3 aromatic rings. The van der Waals surface area contributed by atoms with Crippen molar-refractivity contribution in [3.05, 3.63) is 60.3 Å². The number of carbonyl (C=O) groups excluding carboxylic acids is 1. The molecule has 9 nitrogen and oxygen atoms in total. The molecule has 1 aromatic heterocycles. The second-order valence-corrected chi connectivity index (χ2v) is 12.5. The molecule has 0 aliphatic rings.